The van der Waals surface area contributed by atoms with E-state index < -0.39 is 0 Å². The fourth-order valence-corrected chi connectivity index (χ4v) is 5.35. The fourth-order valence-electron chi connectivity index (χ4n) is 5.35. The van der Waals surface area contributed by atoms with Crippen LogP contribution in [0, 0.1) is 0 Å². The Morgan fingerprint density at radius 2 is 1.15 bits per heavy atom. The summed E-state index contributed by atoms with van der Waals surface area (Å²) in [5.74, 6) is 0.656. The van der Waals surface area contributed by atoms with Crippen LogP contribution in [0.15, 0.2) is 128 Å². The van der Waals surface area contributed by atoms with Crippen molar-refractivity contribution in [3.63, 3.8) is 0 Å². The molecule has 0 radical (unpaired) electrons. The minimum absolute atomic E-state index is 0.656. The van der Waals surface area contributed by atoms with E-state index in [1.807, 2.05) is 85.1 Å². The highest BCUT2D eigenvalue weighted by atomic mass is 14.9. The number of nitrogens with zero attached hydrogens (tertiary/aromatic N) is 5. The summed E-state index contributed by atoms with van der Waals surface area (Å²) in [5.41, 5.74) is 7.87. The lowest BCUT2D eigenvalue weighted by molar-refractivity contribution is 1.17. The molecule has 0 atom stereocenters. The highest BCUT2D eigenvalue weighted by Crippen LogP contribution is 2.36. The minimum Gasteiger partial charge on any atom is -0.254 e. The largest absolute Gasteiger partial charge is 0.254 e. The highest BCUT2D eigenvalue weighted by Gasteiger charge is 2.18. The van der Waals surface area contributed by atoms with Gasteiger partial charge in [0, 0.05) is 38.9 Å². The molecule has 4 aromatic heterocycles. The van der Waals surface area contributed by atoms with E-state index in [-0.39, 0.29) is 0 Å². The molecule has 8 rings (SSSR count). The number of aromatic nitrogens is 5. The Kier molecular flexibility index (Phi) is 5.07. The molecule has 5 heteroatoms. The topological polar surface area (TPSA) is 64.5 Å². The maximum absolute atomic E-state index is 5.24. The Balaban J connectivity index is 1.48. The molecule has 0 bridgehead atoms. The van der Waals surface area contributed by atoms with Crippen LogP contribution in [0.5, 0.6) is 0 Å². The van der Waals surface area contributed by atoms with Gasteiger partial charge in [0.1, 0.15) is 0 Å². The summed E-state index contributed by atoms with van der Waals surface area (Å²) >= 11 is 0. The Bertz CT molecular complexity index is 2150. The number of fused-ring (bicyclic) bond motifs is 6. The average molecular weight is 512 g/mol. The van der Waals surface area contributed by atoms with E-state index in [4.69, 9.17) is 19.9 Å². The molecule has 186 valence electrons. The second-order valence-electron chi connectivity index (χ2n) is 9.77. The van der Waals surface area contributed by atoms with E-state index in [2.05, 4.69) is 47.4 Å². The van der Waals surface area contributed by atoms with Crippen LogP contribution in [0.4, 0.5) is 0 Å². The number of benzene rings is 4. The van der Waals surface area contributed by atoms with Crippen molar-refractivity contribution in [2.45, 2.75) is 0 Å². The van der Waals surface area contributed by atoms with Crippen LogP contribution in [0.25, 0.3) is 77.6 Å². The third-order valence-electron chi connectivity index (χ3n) is 7.27. The van der Waals surface area contributed by atoms with Gasteiger partial charge in [0.25, 0.3) is 0 Å². The Hall–Kier alpha value is -5.55. The van der Waals surface area contributed by atoms with Crippen LogP contribution in [0.2, 0.25) is 0 Å². The summed E-state index contributed by atoms with van der Waals surface area (Å²) in [5, 5.41) is 4.02. The van der Waals surface area contributed by atoms with Crippen molar-refractivity contribution in [3.05, 3.63) is 128 Å². The number of pyridine rings is 3. The summed E-state index contributed by atoms with van der Waals surface area (Å²) in [6.07, 6.45) is 1.82. The first-order valence-electron chi connectivity index (χ1n) is 13.2. The van der Waals surface area contributed by atoms with Gasteiger partial charge in [-0.05, 0) is 24.3 Å². The van der Waals surface area contributed by atoms with E-state index >= 15 is 0 Å². The first-order valence-corrected chi connectivity index (χ1v) is 13.2. The van der Waals surface area contributed by atoms with Crippen LogP contribution < -0.4 is 0 Å². The molecular formula is C35H21N5. The molecule has 0 N–H and O–H groups in total. The fraction of sp³-hybridized carbons (Fsp3) is 0. The average Bonchev–Trinajstić information content (AvgIpc) is 3.04. The second-order valence-corrected chi connectivity index (χ2v) is 9.77. The minimum atomic E-state index is 0.656. The van der Waals surface area contributed by atoms with E-state index in [0.29, 0.717) is 5.82 Å². The molecule has 4 aromatic carbocycles. The van der Waals surface area contributed by atoms with Crippen molar-refractivity contribution in [2.75, 3.05) is 0 Å². The van der Waals surface area contributed by atoms with E-state index in [1.54, 1.807) is 0 Å². The van der Waals surface area contributed by atoms with Gasteiger partial charge in [-0.2, -0.15) is 0 Å². The van der Waals surface area contributed by atoms with Gasteiger partial charge in [-0.25, -0.2) is 19.9 Å². The molecule has 8 aromatic rings. The predicted molar refractivity (Wildman–Crippen MR) is 162 cm³/mol. The van der Waals surface area contributed by atoms with Gasteiger partial charge in [0.2, 0.25) is 0 Å². The highest BCUT2D eigenvalue weighted by molar-refractivity contribution is 6.14. The van der Waals surface area contributed by atoms with Crippen LogP contribution in [0.1, 0.15) is 0 Å². The number of hydrogen-bond donors (Lipinski definition) is 0. The van der Waals surface area contributed by atoms with Gasteiger partial charge < -0.3 is 0 Å². The zero-order valence-corrected chi connectivity index (χ0v) is 21.4. The molecule has 0 spiro atoms. The molecule has 0 aliphatic rings. The molecular weight excluding hydrogens is 490 g/mol. The molecule has 5 nitrogen and oxygen atoms in total. The van der Waals surface area contributed by atoms with E-state index in [9.17, 15) is 0 Å². The van der Waals surface area contributed by atoms with Gasteiger partial charge in [-0.1, -0.05) is 97.1 Å². The Labute approximate surface area is 229 Å². The lowest BCUT2D eigenvalue weighted by Crippen LogP contribution is -1.99. The molecule has 40 heavy (non-hydrogen) atoms. The molecule has 0 unspecified atom stereocenters. The number of para-hydroxylation sites is 1. The second kappa shape index (κ2) is 9.03. The van der Waals surface area contributed by atoms with Crippen molar-refractivity contribution in [2.24, 2.45) is 0 Å². The van der Waals surface area contributed by atoms with Crippen LogP contribution in [-0.2, 0) is 0 Å². The maximum Gasteiger partial charge on any atom is 0.160 e. The molecule has 0 aliphatic heterocycles. The third kappa shape index (κ3) is 3.68. The first kappa shape index (κ1) is 22.4. The third-order valence-corrected chi connectivity index (χ3v) is 7.27. The van der Waals surface area contributed by atoms with Crippen molar-refractivity contribution >= 4 is 43.6 Å². The lowest BCUT2D eigenvalue weighted by atomic mass is 10.0. The summed E-state index contributed by atoms with van der Waals surface area (Å²) < 4.78 is 0. The lowest BCUT2D eigenvalue weighted by Gasteiger charge is -2.13. The van der Waals surface area contributed by atoms with E-state index in [1.165, 1.54) is 0 Å². The summed E-state index contributed by atoms with van der Waals surface area (Å²) in [6, 6.07) is 40.9. The van der Waals surface area contributed by atoms with Crippen molar-refractivity contribution < 1.29 is 0 Å². The zero-order chi connectivity index (χ0) is 26.5. The molecule has 0 fully saturated rings. The van der Waals surface area contributed by atoms with Crippen molar-refractivity contribution in [1.82, 2.24) is 24.9 Å². The predicted octanol–water partition coefficient (Wildman–Crippen LogP) is 8.28. The SMILES string of the molecule is c1ccc(-c2cc(-c3nc4ccccc4c4nc5c(ccc6cccnc65)cc34)nc(-c3ccccc3)n2)cc1. The quantitative estimate of drug-likeness (QED) is 0.176. The molecule has 4 heterocycles. The van der Waals surface area contributed by atoms with Gasteiger partial charge in [0.15, 0.2) is 5.82 Å². The first-order chi connectivity index (χ1) is 19.8. The van der Waals surface area contributed by atoms with E-state index in [0.717, 1.165) is 71.8 Å². The maximum atomic E-state index is 5.24. The van der Waals surface area contributed by atoms with Crippen molar-refractivity contribution in [1.29, 1.82) is 0 Å². The molecule has 0 saturated heterocycles. The summed E-state index contributed by atoms with van der Waals surface area (Å²) in [7, 11) is 0. The monoisotopic (exact) mass is 511 g/mol. The zero-order valence-electron chi connectivity index (χ0n) is 21.4. The van der Waals surface area contributed by atoms with Crippen molar-refractivity contribution in [3.8, 4) is 34.0 Å². The Morgan fingerprint density at radius 3 is 2.00 bits per heavy atom. The standard InChI is InChI=1S/C35H21N5/c1-3-10-22(11-4-1)29-21-30(39-35(38-29)24-12-5-2-6-13-24)34-27-20-25-18-17-23-14-9-19-36-31(23)32(25)40-33(27)26-15-7-8-16-28(26)37-34/h1-21H. The molecule has 0 saturated carbocycles. The smallest absolute Gasteiger partial charge is 0.160 e. The van der Waals surface area contributed by atoms with Gasteiger partial charge in [-0.3, -0.25) is 4.98 Å². The van der Waals surface area contributed by atoms with Crippen LogP contribution in [-0.4, -0.2) is 24.9 Å². The Morgan fingerprint density at radius 1 is 0.425 bits per heavy atom. The molecule has 0 amide bonds. The van der Waals surface area contributed by atoms with Gasteiger partial charge >= 0.3 is 0 Å². The normalized spacial score (nSPS) is 11.5. The summed E-state index contributed by atoms with van der Waals surface area (Å²) in [4.78, 5) is 25.1. The number of hydrogen-bond acceptors (Lipinski definition) is 5. The van der Waals surface area contributed by atoms with Gasteiger partial charge in [-0.15, -0.1) is 0 Å². The van der Waals surface area contributed by atoms with Crippen LogP contribution in [0.3, 0.4) is 0 Å². The van der Waals surface area contributed by atoms with Crippen LogP contribution >= 0.6 is 0 Å². The number of rotatable bonds is 3. The molecule has 0 aliphatic carbocycles. The summed E-state index contributed by atoms with van der Waals surface area (Å²) in [6.45, 7) is 0. The van der Waals surface area contributed by atoms with Gasteiger partial charge in [0.05, 0.1) is 39.1 Å².